The van der Waals surface area contributed by atoms with Crippen LogP contribution in [0.1, 0.15) is 18.0 Å². The standard InChI is InChI=1S/C14H19FN2O4S/c1-22(19,20)16-13(11-2-4-12(15)5-3-11)10-14(18)17-6-8-21-9-7-17/h2-5,13,16H,6-10H2,1H3/t13-/m0/s1. The van der Waals surface area contributed by atoms with E-state index >= 15 is 0 Å². The van der Waals surface area contributed by atoms with Crippen LogP contribution in [-0.2, 0) is 19.6 Å². The molecule has 1 heterocycles. The Labute approximate surface area is 129 Å². The third kappa shape index (κ3) is 5.04. The molecule has 0 unspecified atom stereocenters. The van der Waals surface area contributed by atoms with Gasteiger partial charge in [0.25, 0.3) is 0 Å². The van der Waals surface area contributed by atoms with Crippen LogP contribution in [0.25, 0.3) is 0 Å². The number of amides is 1. The quantitative estimate of drug-likeness (QED) is 0.861. The number of morpholine rings is 1. The van der Waals surface area contributed by atoms with Gasteiger partial charge >= 0.3 is 0 Å². The van der Waals surface area contributed by atoms with Gasteiger partial charge in [0.1, 0.15) is 5.82 Å². The van der Waals surface area contributed by atoms with Crippen LogP contribution in [0.2, 0.25) is 0 Å². The number of rotatable bonds is 5. The molecule has 0 bridgehead atoms. The van der Waals surface area contributed by atoms with Crippen molar-refractivity contribution in [3.63, 3.8) is 0 Å². The van der Waals surface area contributed by atoms with Crippen molar-refractivity contribution < 1.29 is 22.3 Å². The third-order valence-corrected chi connectivity index (χ3v) is 4.08. The summed E-state index contributed by atoms with van der Waals surface area (Å²) in [4.78, 5) is 13.9. The number of carbonyl (C=O) groups is 1. The van der Waals surface area contributed by atoms with Crippen molar-refractivity contribution >= 4 is 15.9 Å². The number of benzene rings is 1. The van der Waals surface area contributed by atoms with E-state index in [1.54, 1.807) is 4.90 Å². The summed E-state index contributed by atoms with van der Waals surface area (Å²) in [6.07, 6.45) is 1.02. The second kappa shape index (κ2) is 7.17. The fraction of sp³-hybridized carbons (Fsp3) is 0.500. The molecule has 0 saturated carbocycles. The van der Waals surface area contributed by atoms with Gasteiger partial charge in [-0.1, -0.05) is 12.1 Å². The lowest BCUT2D eigenvalue weighted by molar-refractivity contribution is -0.135. The Kier molecular flexibility index (Phi) is 5.49. The Balaban J connectivity index is 2.13. The summed E-state index contributed by atoms with van der Waals surface area (Å²) < 4.78 is 43.7. The summed E-state index contributed by atoms with van der Waals surface area (Å²) in [6.45, 7) is 1.95. The van der Waals surface area contributed by atoms with E-state index in [9.17, 15) is 17.6 Å². The monoisotopic (exact) mass is 330 g/mol. The predicted octanol–water partition coefficient (Wildman–Crippen LogP) is 0.665. The van der Waals surface area contributed by atoms with E-state index in [1.165, 1.54) is 24.3 Å². The second-order valence-corrected chi connectivity index (χ2v) is 6.97. The van der Waals surface area contributed by atoms with Crippen LogP contribution in [-0.4, -0.2) is 51.8 Å². The van der Waals surface area contributed by atoms with Gasteiger partial charge in [0, 0.05) is 19.5 Å². The Morgan fingerprint density at radius 2 is 1.91 bits per heavy atom. The minimum absolute atomic E-state index is 0.0152. The molecule has 1 aliphatic heterocycles. The van der Waals surface area contributed by atoms with E-state index in [2.05, 4.69) is 4.72 Å². The van der Waals surface area contributed by atoms with E-state index < -0.39 is 21.9 Å². The van der Waals surface area contributed by atoms with Gasteiger partial charge in [-0.05, 0) is 17.7 Å². The second-order valence-electron chi connectivity index (χ2n) is 5.19. The number of halogens is 1. The van der Waals surface area contributed by atoms with Gasteiger partial charge in [0.15, 0.2) is 0 Å². The molecule has 1 N–H and O–H groups in total. The van der Waals surface area contributed by atoms with Crippen LogP contribution in [0.4, 0.5) is 4.39 Å². The first-order valence-electron chi connectivity index (χ1n) is 6.93. The molecule has 0 aromatic heterocycles. The molecule has 2 rings (SSSR count). The maximum absolute atomic E-state index is 13.0. The van der Waals surface area contributed by atoms with Gasteiger partial charge in [-0.2, -0.15) is 0 Å². The van der Waals surface area contributed by atoms with E-state index in [0.29, 0.717) is 31.9 Å². The van der Waals surface area contributed by atoms with Crippen LogP contribution in [0.15, 0.2) is 24.3 Å². The third-order valence-electron chi connectivity index (χ3n) is 3.37. The molecular formula is C14H19FN2O4S. The van der Waals surface area contributed by atoms with E-state index in [-0.39, 0.29) is 12.3 Å². The van der Waals surface area contributed by atoms with Gasteiger partial charge in [-0.15, -0.1) is 0 Å². The zero-order valence-corrected chi connectivity index (χ0v) is 13.1. The normalized spacial score (nSPS) is 17.3. The molecule has 8 heteroatoms. The summed E-state index contributed by atoms with van der Waals surface area (Å²) in [7, 11) is -3.50. The van der Waals surface area contributed by atoms with Crippen molar-refractivity contribution in [2.24, 2.45) is 0 Å². The Morgan fingerprint density at radius 1 is 1.32 bits per heavy atom. The lowest BCUT2D eigenvalue weighted by Crippen LogP contribution is -2.42. The van der Waals surface area contributed by atoms with Crippen LogP contribution in [0.3, 0.4) is 0 Å². The first-order valence-corrected chi connectivity index (χ1v) is 8.82. The molecule has 1 aromatic carbocycles. The number of ether oxygens (including phenoxy) is 1. The fourth-order valence-corrected chi connectivity index (χ4v) is 3.03. The maximum Gasteiger partial charge on any atom is 0.224 e. The first-order chi connectivity index (χ1) is 10.3. The smallest absolute Gasteiger partial charge is 0.224 e. The highest BCUT2D eigenvalue weighted by molar-refractivity contribution is 7.88. The number of carbonyl (C=O) groups excluding carboxylic acids is 1. The van der Waals surface area contributed by atoms with E-state index in [1.807, 2.05) is 0 Å². The van der Waals surface area contributed by atoms with Gasteiger partial charge < -0.3 is 9.64 Å². The minimum Gasteiger partial charge on any atom is -0.378 e. The molecule has 0 spiro atoms. The summed E-state index contributed by atoms with van der Waals surface area (Å²) in [5.74, 6) is -0.574. The van der Waals surface area contributed by atoms with Crippen molar-refractivity contribution in [1.29, 1.82) is 0 Å². The number of nitrogens with one attached hydrogen (secondary N) is 1. The predicted molar refractivity (Wildman–Crippen MR) is 79.1 cm³/mol. The molecule has 1 aliphatic rings. The molecule has 1 fully saturated rings. The number of hydrogen-bond acceptors (Lipinski definition) is 4. The highest BCUT2D eigenvalue weighted by atomic mass is 32.2. The summed E-state index contributed by atoms with van der Waals surface area (Å²) in [6, 6.07) is 4.72. The molecule has 0 aliphatic carbocycles. The van der Waals surface area contributed by atoms with Crippen molar-refractivity contribution in [3.05, 3.63) is 35.6 Å². The molecule has 122 valence electrons. The molecule has 1 saturated heterocycles. The largest absolute Gasteiger partial charge is 0.378 e. The Morgan fingerprint density at radius 3 is 2.45 bits per heavy atom. The van der Waals surface area contributed by atoms with Crippen LogP contribution < -0.4 is 4.72 Å². The summed E-state index contributed by atoms with van der Waals surface area (Å²) >= 11 is 0. The van der Waals surface area contributed by atoms with Crippen LogP contribution in [0.5, 0.6) is 0 Å². The highest BCUT2D eigenvalue weighted by Crippen LogP contribution is 2.20. The van der Waals surface area contributed by atoms with Crippen molar-refractivity contribution in [1.82, 2.24) is 9.62 Å². The Bertz CT molecular complexity index is 612. The molecular weight excluding hydrogens is 311 g/mol. The first kappa shape index (κ1) is 16.9. The van der Waals surface area contributed by atoms with Crippen molar-refractivity contribution in [2.75, 3.05) is 32.6 Å². The van der Waals surface area contributed by atoms with Gasteiger partial charge in [-0.3, -0.25) is 4.79 Å². The summed E-state index contributed by atoms with van der Waals surface area (Å²) in [5, 5.41) is 0. The van der Waals surface area contributed by atoms with E-state index in [4.69, 9.17) is 4.74 Å². The molecule has 1 atom stereocenters. The van der Waals surface area contributed by atoms with Crippen LogP contribution >= 0.6 is 0 Å². The fourth-order valence-electron chi connectivity index (χ4n) is 2.30. The number of sulfonamides is 1. The SMILES string of the molecule is CS(=O)(=O)N[C@@H](CC(=O)N1CCOCC1)c1ccc(F)cc1. The lowest BCUT2D eigenvalue weighted by atomic mass is 10.0. The summed E-state index contributed by atoms with van der Waals surface area (Å²) in [5.41, 5.74) is 0.549. The molecule has 0 radical (unpaired) electrons. The Hall–Kier alpha value is -1.51. The topological polar surface area (TPSA) is 75.7 Å². The molecule has 22 heavy (non-hydrogen) atoms. The van der Waals surface area contributed by atoms with Crippen molar-refractivity contribution in [2.45, 2.75) is 12.5 Å². The molecule has 6 nitrogen and oxygen atoms in total. The molecule has 1 amide bonds. The number of hydrogen-bond donors (Lipinski definition) is 1. The van der Waals surface area contributed by atoms with Crippen LogP contribution in [0, 0.1) is 5.82 Å². The average Bonchev–Trinajstić information content (AvgIpc) is 2.47. The lowest BCUT2D eigenvalue weighted by Gasteiger charge is -2.28. The van der Waals surface area contributed by atoms with Gasteiger partial charge in [0.05, 0.1) is 25.5 Å². The average molecular weight is 330 g/mol. The zero-order valence-electron chi connectivity index (χ0n) is 12.3. The van der Waals surface area contributed by atoms with Gasteiger partial charge in [-0.25, -0.2) is 17.5 Å². The van der Waals surface area contributed by atoms with Gasteiger partial charge in [0.2, 0.25) is 15.9 Å². The zero-order chi connectivity index (χ0) is 16.2. The molecule has 1 aromatic rings. The van der Waals surface area contributed by atoms with Crippen molar-refractivity contribution in [3.8, 4) is 0 Å². The number of nitrogens with zero attached hydrogens (tertiary/aromatic N) is 1. The maximum atomic E-state index is 13.0. The minimum atomic E-state index is -3.50. The highest BCUT2D eigenvalue weighted by Gasteiger charge is 2.24. The van der Waals surface area contributed by atoms with E-state index in [0.717, 1.165) is 6.26 Å².